The summed E-state index contributed by atoms with van der Waals surface area (Å²) in [5.41, 5.74) is 8.07. The Balaban J connectivity index is 2.32. The Labute approximate surface area is 102 Å². The van der Waals surface area contributed by atoms with Gasteiger partial charge in [-0.2, -0.15) is 12.7 Å². The summed E-state index contributed by atoms with van der Waals surface area (Å²) in [6, 6.07) is 0. The molecule has 0 aromatic rings. The van der Waals surface area contributed by atoms with E-state index in [9.17, 15) is 8.42 Å². The lowest BCUT2D eigenvalue weighted by molar-refractivity contribution is 0.285. The quantitative estimate of drug-likeness (QED) is 0.337. The summed E-state index contributed by atoms with van der Waals surface area (Å²) in [4.78, 5) is 2.61. The Morgan fingerprint density at radius 2 is 2.12 bits per heavy atom. The van der Waals surface area contributed by atoms with Gasteiger partial charge in [0, 0.05) is 31.1 Å². The van der Waals surface area contributed by atoms with Crippen LogP contribution in [0.15, 0.2) is 5.11 Å². The summed E-state index contributed by atoms with van der Waals surface area (Å²) in [6.45, 7) is 3.94. The van der Waals surface area contributed by atoms with Crippen molar-refractivity contribution in [2.45, 2.75) is 26.2 Å². The molecule has 1 aliphatic rings. The van der Waals surface area contributed by atoms with Gasteiger partial charge in [0.2, 0.25) is 0 Å². The first-order chi connectivity index (χ1) is 8.06. The van der Waals surface area contributed by atoms with E-state index < -0.39 is 10.2 Å². The molecule has 0 spiro atoms. The number of hydrogen-bond donors (Lipinski definition) is 1. The van der Waals surface area contributed by atoms with Gasteiger partial charge in [-0.25, -0.2) is 4.72 Å². The van der Waals surface area contributed by atoms with Crippen molar-refractivity contribution in [1.29, 1.82) is 0 Å². The number of nitrogens with one attached hydrogen (secondary N) is 1. The summed E-state index contributed by atoms with van der Waals surface area (Å²) in [6.07, 6.45) is 2.35. The molecule has 17 heavy (non-hydrogen) atoms. The molecular weight excluding hydrogens is 242 g/mol. The van der Waals surface area contributed by atoms with E-state index in [1.54, 1.807) is 0 Å². The summed E-state index contributed by atoms with van der Waals surface area (Å²) in [5, 5.41) is 3.35. The van der Waals surface area contributed by atoms with Crippen LogP contribution in [0, 0.1) is 5.92 Å². The highest BCUT2D eigenvalue weighted by Crippen LogP contribution is 2.17. The van der Waals surface area contributed by atoms with Gasteiger partial charge in [-0.3, -0.25) is 0 Å². The minimum absolute atomic E-state index is 0.313. The smallest absolute Gasteiger partial charge is 0.202 e. The van der Waals surface area contributed by atoms with Crippen molar-refractivity contribution >= 4 is 10.2 Å². The Hall–Kier alpha value is -0.820. The van der Waals surface area contributed by atoms with E-state index in [1.807, 2.05) is 0 Å². The first-order valence-electron chi connectivity index (χ1n) is 5.82. The van der Waals surface area contributed by atoms with Crippen LogP contribution in [-0.4, -0.2) is 38.9 Å². The second-order valence-corrected chi connectivity index (χ2v) is 6.04. The summed E-state index contributed by atoms with van der Waals surface area (Å²) >= 11 is 0. The first-order valence-corrected chi connectivity index (χ1v) is 7.26. The van der Waals surface area contributed by atoms with E-state index in [-0.39, 0.29) is 0 Å². The first kappa shape index (κ1) is 14.2. The molecule has 98 valence electrons. The van der Waals surface area contributed by atoms with Crippen LogP contribution in [-0.2, 0) is 10.2 Å². The third-order valence-corrected chi connectivity index (χ3v) is 4.48. The molecule has 0 saturated carbocycles. The highest BCUT2D eigenvalue weighted by molar-refractivity contribution is 7.87. The lowest BCUT2D eigenvalue weighted by Crippen LogP contribution is -2.45. The molecule has 0 bridgehead atoms. The number of hydrogen-bond acceptors (Lipinski definition) is 3. The zero-order valence-corrected chi connectivity index (χ0v) is 10.9. The second-order valence-electron chi connectivity index (χ2n) is 4.29. The average molecular weight is 261 g/mol. The highest BCUT2D eigenvalue weighted by Gasteiger charge is 2.25. The number of nitrogens with zero attached hydrogens (tertiary/aromatic N) is 4. The van der Waals surface area contributed by atoms with Crippen molar-refractivity contribution in [3.63, 3.8) is 0 Å². The Morgan fingerprint density at radius 3 is 2.71 bits per heavy atom. The summed E-state index contributed by atoms with van der Waals surface area (Å²) in [5.74, 6) is 0.603. The van der Waals surface area contributed by atoms with Crippen LogP contribution < -0.4 is 4.72 Å². The Bertz CT molecular complexity index is 369. The van der Waals surface area contributed by atoms with Crippen molar-refractivity contribution in [3.05, 3.63) is 10.4 Å². The normalized spacial score (nSPS) is 18.9. The van der Waals surface area contributed by atoms with Crippen LogP contribution in [0.5, 0.6) is 0 Å². The zero-order chi connectivity index (χ0) is 12.7. The maximum Gasteiger partial charge on any atom is 0.279 e. The minimum atomic E-state index is -3.35. The largest absolute Gasteiger partial charge is 0.279 e. The van der Waals surface area contributed by atoms with E-state index in [1.165, 1.54) is 4.31 Å². The molecule has 1 rings (SSSR count). The maximum absolute atomic E-state index is 11.8. The van der Waals surface area contributed by atoms with E-state index in [4.69, 9.17) is 5.53 Å². The van der Waals surface area contributed by atoms with Crippen LogP contribution >= 0.6 is 0 Å². The second kappa shape index (κ2) is 6.80. The molecule has 1 saturated heterocycles. The molecule has 0 atom stereocenters. The number of piperidine rings is 1. The molecule has 0 aromatic carbocycles. The molecule has 0 amide bonds. The topological polar surface area (TPSA) is 98.2 Å². The van der Waals surface area contributed by atoms with Crippen LogP contribution in [0.4, 0.5) is 0 Å². The van der Waals surface area contributed by atoms with Gasteiger partial charge in [0.05, 0.1) is 0 Å². The van der Waals surface area contributed by atoms with Crippen molar-refractivity contribution in [2.75, 3.05) is 26.2 Å². The molecule has 1 heterocycles. The molecule has 0 aromatic heterocycles. The van der Waals surface area contributed by atoms with E-state index in [2.05, 4.69) is 21.7 Å². The third-order valence-electron chi connectivity index (χ3n) is 2.87. The molecule has 1 fully saturated rings. The lowest BCUT2D eigenvalue weighted by Gasteiger charge is -2.29. The predicted octanol–water partition coefficient (Wildman–Crippen LogP) is 1.25. The molecule has 0 aliphatic carbocycles. The Kier molecular flexibility index (Phi) is 5.70. The van der Waals surface area contributed by atoms with Gasteiger partial charge in [0.25, 0.3) is 10.2 Å². The predicted molar refractivity (Wildman–Crippen MR) is 65.5 cm³/mol. The Morgan fingerprint density at radius 1 is 1.47 bits per heavy atom. The molecule has 0 unspecified atom stereocenters. The number of rotatable bonds is 6. The molecule has 8 heteroatoms. The average Bonchev–Trinajstić information content (AvgIpc) is 2.29. The van der Waals surface area contributed by atoms with Crippen LogP contribution in [0.3, 0.4) is 0 Å². The highest BCUT2D eigenvalue weighted by atomic mass is 32.2. The van der Waals surface area contributed by atoms with Crippen LogP contribution in [0.1, 0.15) is 26.2 Å². The summed E-state index contributed by atoms with van der Waals surface area (Å²) in [7, 11) is -3.35. The fourth-order valence-electron chi connectivity index (χ4n) is 1.71. The van der Waals surface area contributed by atoms with Gasteiger partial charge in [-0.1, -0.05) is 12.0 Å². The number of azide groups is 1. The zero-order valence-electron chi connectivity index (χ0n) is 10.0. The van der Waals surface area contributed by atoms with Crippen molar-refractivity contribution in [1.82, 2.24) is 9.03 Å². The van der Waals surface area contributed by atoms with Gasteiger partial charge < -0.3 is 0 Å². The fourth-order valence-corrected chi connectivity index (χ4v) is 2.99. The van der Waals surface area contributed by atoms with Crippen LogP contribution in [0.2, 0.25) is 0 Å². The maximum atomic E-state index is 11.8. The summed E-state index contributed by atoms with van der Waals surface area (Å²) < 4.78 is 27.7. The monoisotopic (exact) mass is 261 g/mol. The van der Waals surface area contributed by atoms with E-state index in [0.717, 1.165) is 12.8 Å². The van der Waals surface area contributed by atoms with Crippen molar-refractivity contribution < 1.29 is 8.42 Å². The van der Waals surface area contributed by atoms with Gasteiger partial charge >= 0.3 is 0 Å². The SMILES string of the molecule is CC1CCN(S(=O)(=O)NCCCN=[N+]=[N-])CC1. The molecule has 7 nitrogen and oxygen atoms in total. The van der Waals surface area contributed by atoms with Gasteiger partial charge in [-0.05, 0) is 30.7 Å². The van der Waals surface area contributed by atoms with Crippen molar-refractivity contribution in [2.24, 2.45) is 11.0 Å². The lowest BCUT2D eigenvalue weighted by atomic mass is 10.0. The molecule has 1 aliphatic heterocycles. The van der Waals surface area contributed by atoms with Crippen molar-refractivity contribution in [3.8, 4) is 0 Å². The van der Waals surface area contributed by atoms with Crippen LogP contribution in [0.25, 0.3) is 10.4 Å². The van der Waals surface area contributed by atoms with Gasteiger partial charge in [0.1, 0.15) is 0 Å². The molecule has 0 radical (unpaired) electrons. The minimum Gasteiger partial charge on any atom is -0.202 e. The molecular formula is C9H19N5O2S. The van der Waals surface area contributed by atoms with E-state index >= 15 is 0 Å². The van der Waals surface area contributed by atoms with E-state index in [0.29, 0.717) is 38.5 Å². The van der Waals surface area contributed by atoms with Gasteiger partial charge in [0.15, 0.2) is 0 Å². The fraction of sp³-hybridized carbons (Fsp3) is 1.00. The molecule has 1 N–H and O–H groups in total. The third kappa shape index (κ3) is 4.91. The standard InChI is InChI=1S/C9H19N5O2S/c1-9-3-7-14(8-4-9)17(15,16)12-6-2-5-11-13-10/h9,12H,2-8H2,1H3. The van der Waals surface area contributed by atoms with Gasteiger partial charge in [-0.15, -0.1) is 0 Å².